The maximum atomic E-state index is 5.34. The minimum absolute atomic E-state index is 0.211. The monoisotopic (exact) mass is 283 g/mol. The van der Waals surface area contributed by atoms with Crippen LogP contribution in [-0.2, 0) is 9.47 Å². The van der Waals surface area contributed by atoms with Gasteiger partial charge >= 0.3 is 0 Å². The molecule has 1 aromatic carbocycles. The molecule has 0 N–H and O–H groups in total. The van der Waals surface area contributed by atoms with E-state index < -0.39 is 0 Å². The molecule has 5 heteroatoms. The Balaban J connectivity index is 2.83. The molecule has 0 aliphatic rings. The van der Waals surface area contributed by atoms with Gasteiger partial charge in [0.15, 0.2) is 17.8 Å². The molecular formula is C15H25NO4. The van der Waals surface area contributed by atoms with Gasteiger partial charge in [-0.1, -0.05) is 6.07 Å². The van der Waals surface area contributed by atoms with Crippen molar-refractivity contribution in [3.63, 3.8) is 0 Å². The third-order valence-corrected chi connectivity index (χ3v) is 3.51. The average molecular weight is 283 g/mol. The number of rotatable bonds is 8. The second-order valence-corrected chi connectivity index (χ2v) is 4.63. The maximum absolute atomic E-state index is 5.34. The molecular weight excluding hydrogens is 258 g/mol. The lowest BCUT2D eigenvalue weighted by Gasteiger charge is -2.28. The Morgan fingerprint density at radius 3 is 2.10 bits per heavy atom. The van der Waals surface area contributed by atoms with Crippen LogP contribution < -0.4 is 9.47 Å². The van der Waals surface area contributed by atoms with Crippen molar-refractivity contribution in [1.82, 2.24) is 4.90 Å². The molecule has 0 saturated heterocycles. The summed E-state index contributed by atoms with van der Waals surface area (Å²) in [5.41, 5.74) is 1.15. The molecule has 0 aliphatic heterocycles. The zero-order chi connectivity index (χ0) is 15.1. The van der Waals surface area contributed by atoms with Crippen LogP contribution in [0, 0.1) is 0 Å². The Labute approximate surface area is 121 Å². The van der Waals surface area contributed by atoms with Crippen molar-refractivity contribution < 1.29 is 18.9 Å². The van der Waals surface area contributed by atoms with Crippen LogP contribution in [0.25, 0.3) is 0 Å². The quantitative estimate of drug-likeness (QED) is 0.685. The van der Waals surface area contributed by atoms with Crippen LogP contribution in [0.15, 0.2) is 18.2 Å². The van der Waals surface area contributed by atoms with E-state index in [1.54, 1.807) is 28.4 Å². The summed E-state index contributed by atoms with van der Waals surface area (Å²) in [5, 5.41) is 0. The third kappa shape index (κ3) is 4.10. The summed E-state index contributed by atoms with van der Waals surface area (Å²) < 4.78 is 21.0. The van der Waals surface area contributed by atoms with E-state index in [-0.39, 0.29) is 12.3 Å². The highest BCUT2D eigenvalue weighted by Gasteiger charge is 2.17. The Bertz CT molecular complexity index is 407. The van der Waals surface area contributed by atoms with Crippen LogP contribution in [0.2, 0.25) is 0 Å². The van der Waals surface area contributed by atoms with Gasteiger partial charge < -0.3 is 18.9 Å². The molecule has 5 nitrogen and oxygen atoms in total. The molecule has 0 fully saturated rings. The van der Waals surface area contributed by atoms with Crippen molar-refractivity contribution in [1.29, 1.82) is 0 Å². The first-order chi connectivity index (χ1) is 9.57. The van der Waals surface area contributed by atoms with Crippen LogP contribution in [0.4, 0.5) is 0 Å². The molecule has 0 spiro atoms. The Hall–Kier alpha value is -1.30. The largest absolute Gasteiger partial charge is 0.493 e. The fourth-order valence-electron chi connectivity index (χ4n) is 2.01. The van der Waals surface area contributed by atoms with E-state index in [9.17, 15) is 0 Å². The van der Waals surface area contributed by atoms with Crippen molar-refractivity contribution in [2.24, 2.45) is 0 Å². The Morgan fingerprint density at radius 1 is 1.00 bits per heavy atom. The minimum Gasteiger partial charge on any atom is -0.493 e. The van der Waals surface area contributed by atoms with Crippen LogP contribution in [0.5, 0.6) is 11.5 Å². The maximum Gasteiger partial charge on any atom is 0.169 e. The van der Waals surface area contributed by atoms with Crippen LogP contribution >= 0.6 is 0 Å². The summed E-state index contributed by atoms with van der Waals surface area (Å²) in [5.74, 6) is 1.47. The zero-order valence-electron chi connectivity index (χ0n) is 13.2. The van der Waals surface area contributed by atoms with Gasteiger partial charge in [0.25, 0.3) is 0 Å². The molecule has 0 bridgehead atoms. The first-order valence-corrected chi connectivity index (χ1v) is 6.55. The van der Waals surface area contributed by atoms with E-state index in [2.05, 4.69) is 11.8 Å². The van der Waals surface area contributed by atoms with Crippen LogP contribution in [-0.4, -0.2) is 53.2 Å². The molecule has 0 aliphatic carbocycles. The minimum atomic E-state index is -0.234. The van der Waals surface area contributed by atoms with E-state index in [1.807, 2.05) is 25.2 Å². The van der Waals surface area contributed by atoms with Crippen molar-refractivity contribution >= 4 is 0 Å². The topological polar surface area (TPSA) is 40.2 Å². The van der Waals surface area contributed by atoms with Crippen LogP contribution in [0.3, 0.4) is 0 Å². The van der Waals surface area contributed by atoms with Crippen LogP contribution in [0.1, 0.15) is 18.5 Å². The van der Waals surface area contributed by atoms with Gasteiger partial charge in [-0.25, -0.2) is 0 Å². The van der Waals surface area contributed by atoms with E-state index in [0.29, 0.717) is 6.54 Å². The summed E-state index contributed by atoms with van der Waals surface area (Å²) in [6, 6.07) is 6.16. The number of hydrogen-bond acceptors (Lipinski definition) is 5. The van der Waals surface area contributed by atoms with E-state index >= 15 is 0 Å². The van der Waals surface area contributed by atoms with Gasteiger partial charge in [0.2, 0.25) is 0 Å². The second kappa shape index (κ2) is 8.09. The Kier molecular flexibility index (Phi) is 6.78. The second-order valence-electron chi connectivity index (χ2n) is 4.63. The molecule has 0 radical (unpaired) electrons. The van der Waals surface area contributed by atoms with E-state index in [0.717, 1.165) is 17.1 Å². The standard InChI is InChI=1S/C15H25NO4/c1-11(16(2)10-15(19-5)20-6)12-7-8-13(17-3)14(9-12)18-4/h7-9,11,15H,10H2,1-6H3/t11-/m0/s1. The lowest BCUT2D eigenvalue weighted by Crippen LogP contribution is -2.33. The summed E-state index contributed by atoms with van der Waals surface area (Å²) in [4.78, 5) is 2.17. The molecule has 0 amide bonds. The average Bonchev–Trinajstić information content (AvgIpc) is 2.50. The molecule has 0 saturated carbocycles. The molecule has 1 rings (SSSR count). The summed E-state index contributed by atoms with van der Waals surface area (Å²) in [6.45, 7) is 2.81. The first-order valence-electron chi connectivity index (χ1n) is 6.55. The Morgan fingerprint density at radius 2 is 1.60 bits per heavy atom. The molecule has 0 heterocycles. The lowest BCUT2D eigenvalue weighted by atomic mass is 10.1. The summed E-state index contributed by atoms with van der Waals surface area (Å²) in [6.07, 6.45) is -0.234. The van der Waals surface area contributed by atoms with Gasteiger partial charge in [0.1, 0.15) is 0 Å². The molecule has 114 valence electrons. The number of hydrogen-bond donors (Lipinski definition) is 0. The number of likely N-dealkylation sites (N-methyl/N-ethyl adjacent to an activating group) is 1. The fourth-order valence-corrected chi connectivity index (χ4v) is 2.01. The summed E-state index contributed by atoms with van der Waals surface area (Å²) in [7, 11) is 8.59. The smallest absolute Gasteiger partial charge is 0.169 e. The van der Waals surface area contributed by atoms with Crippen molar-refractivity contribution in [2.45, 2.75) is 19.3 Å². The molecule has 0 aromatic heterocycles. The normalized spacial score (nSPS) is 12.8. The van der Waals surface area contributed by atoms with Gasteiger partial charge in [-0.15, -0.1) is 0 Å². The predicted molar refractivity (Wildman–Crippen MR) is 78.4 cm³/mol. The van der Waals surface area contributed by atoms with Crippen molar-refractivity contribution in [2.75, 3.05) is 42.0 Å². The van der Waals surface area contributed by atoms with E-state index in [4.69, 9.17) is 18.9 Å². The molecule has 1 atom stereocenters. The van der Waals surface area contributed by atoms with Gasteiger partial charge in [-0.3, -0.25) is 4.90 Å². The fraction of sp³-hybridized carbons (Fsp3) is 0.600. The highest BCUT2D eigenvalue weighted by Crippen LogP contribution is 2.31. The van der Waals surface area contributed by atoms with Crippen molar-refractivity contribution in [3.8, 4) is 11.5 Å². The number of ether oxygens (including phenoxy) is 4. The molecule has 0 unspecified atom stereocenters. The van der Waals surface area contributed by atoms with Crippen molar-refractivity contribution in [3.05, 3.63) is 23.8 Å². The lowest BCUT2D eigenvalue weighted by molar-refractivity contribution is -0.117. The van der Waals surface area contributed by atoms with Gasteiger partial charge in [0, 0.05) is 26.8 Å². The summed E-state index contributed by atoms with van der Waals surface area (Å²) >= 11 is 0. The zero-order valence-corrected chi connectivity index (χ0v) is 13.2. The first kappa shape index (κ1) is 16.8. The molecule has 20 heavy (non-hydrogen) atoms. The predicted octanol–water partition coefficient (Wildman–Crippen LogP) is 2.32. The van der Waals surface area contributed by atoms with E-state index in [1.165, 1.54) is 0 Å². The highest BCUT2D eigenvalue weighted by molar-refractivity contribution is 5.43. The number of nitrogens with zero attached hydrogens (tertiary/aromatic N) is 1. The SMILES string of the molecule is COc1ccc([C@H](C)N(C)CC(OC)OC)cc1OC. The van der Waals surface area contributed by atoms with Gasteiger partial charge in [-0.05, 0) is 31.7 Å². The highest BCUT2D eigenvalue weighted by atomic mass is 16.7. The number of methoxy groups -OCH3 is 4. The van der Waals surface area contributed by atoms with Gasteiger partial charge in [-0.2, -0.15) is 0 Å². The number of benzene rings is 1. The van der Waals surface area contributed by atoms with Gasteiger partial charge in [0.05, 0.1) is 14.2 Å². The molecule has 1 aromatic rings. The third-order valence-electron chi connectivity index (χ3n) is 3.51.